The molecule has 0 fully saturated rings. The van der Waals surface area contributed by atoms with Crippen molar-refractivity contribution in [1.82, 2.24) is 0 Å². The van der Waals surface area contributed by atoms with Crippen LogP contribution in [0.25, 0.3) is 0 Å². The van der Waals surface area contributed by atoms with Gasteiger partial charge in [0.1, 0.15) is 37.1 Å². The molecule has 0 aliphatic carbocycles. The van der Waals surface area contributed by atoms with Crippen molar-refractivity contribution in [2.24, 2.45) is 0 Å². The van der Waals surface area contributed by atoms with Gasteiger partial charge >= 0.3 is 0 Å². The summed E-state index contributed by atoms with van der Waals surface area (Å²) in [4.78, 5) is 12.5. The molecular weight excluding hydrogens is 440 g/mol. The summed E-state index contributed by atoms with van der Waals surface area (Å²) in [5.74, 6) is 1.98. The minimum Gasteiger partial charge on any atom is -0.490 e. The lowest BCUT2D eigenvalue weighted by atomic mass is 10.2. The van der Waals surface area contributed by atoms with Crippen molar-refractivity contribution in [1.29, 1.82) is 0 Å². The van der Waals surface area contributed by atoms with E-state index in [2.05, 4.69) is 10.6 Å². The third kappa shape index (κ3) is 7.82. The molecule has 0 unspecified atom stereocenters. The first-order chi connectivity index (χ1) is 17.3. The summed E-state index contributed by atoms with van der Waals surface area (Å²) in [5.41, 5.74) is 2.55. The Morgan fingerprint density at radius 1 is 0.629 bits per heavy atom. The van der Waals surface area contributed by atoms with E-state index < -0.39 is 0 Å². The van der Waals surface area contributed by atoms with Crippen LogP contribution in [0.15, 0.2) is 109 Å². The molecule has 4 aromatic rings. The molecule has 0 bridgehead atoms. The average molecular weight is 469 g/mol. The van der Waals surface area contributed by atoms with Gasteiger partial charge in [-0.2, -0.15) is 0 Å². The first-order valence-electron chi connectivity index (χ1n) is 11.5. The predicted octanol–water partition coefficient (Wildman–Crippen LogP) is 5.77. The second-order valence-corrected chi connectivity index (χ2v) is 7.71. The fourth-order valence-corrected chi connectivity index (χ4v) is 3.31. The minimum atomic E-state index is -0.175. The molecule has 4 aromatic carbocycles. The molecular formula is C29H28N2O4. The Kier molecular flexibility index (Phi) is 8.60. The van der Waals surface area contributed by atoms with E-state index in [1.165, 1.54) is 0 Å². The van der Waals surface area contributed by atoms with Crippen molar-refractivity contribution in [3.63, 3.8) is 0 Å². The Morgan fingerprint density at radius 3 is 2.03 bits per heavy atom. The van der Waals surface area contributed by atoms with Gasteiger partial charge in [0.05, 0.1) is 12.2 Å². The summed E-state index contributed by atoms with van der Waals surface area (Å²) in [6, 6.07) is 34.4. The van der Waals surface area contributed by atoms with E-state index in [1.807, 2.05) is 109 Å². The lowest BCUT2D eigenvalue weighted by Crippen LogP contribution is -2.22. The molecule has 0 saturated carbocycles. The van der Waals surface area contributed by atoms with Crippen LogP contribution in [0.1, 0.15) is 5.56 Å². The molecule has 0 heterocycles. The van der Waals surface area contributed by atoms with E-state index >= 15 is 0 Å². The molecule has 178 valence electrons. The lowest BCUT2D eigenvalue weighted by Gasteiger charge is -2.14. The average Bonchev–Trinajstić information content (AvgIpc) is 2.91. The number of benzene rings is 4. The van der Waals surface area contributed by atoms with Gasteiger partial charge in [-0.15, -0.1) is 0 Å². The number of ether oxygens (including phenoxy) is 3. The van der Waals surface area contributed by atoms with E-state index in [0.717, 1.165) is 22.7 Å². The predicted molar refractivity (Wildman–Crippen MR) is 138 cm³/mol. The number of anilines is 2. The Morgan fingerprint density at radius 2 is 1.26 bits per heavy atom. The van der Waals surface area contributed by atoms with Gasteiger partial charge < -0.3 is 24.8 Å². The SMILES string of the molecule is O=C(CNc1ccc(OCc2ccccc2)cc1)Nc1ccccc1OCCOc1ccccc1. The highest BCUT2D eigenvalue weighted by atomic mass is 16.5. The van der Waals surface area contributed by atoms with Gasteiger partial charge in [0.15, 0.2) is 0 Å². The summed E-state index contributed by atoms with van der Waals surface area (Å²) in [6.07, 6.45) is 0. The summed E-state index contributed by atoms with van der Waals surface area (Å²) >= 11 is 0. The maximum atomic E-state index is 12.5. The maximum absolute atomic E-state index is 12.5. The van der Waals surface area contributed by atoms with Gasteiger partial charge in [0.25, 0.3) is 0 Å². The minimum absolute atomic E-state index is 0.121. The van der Waals surface area contributed by atoms with Crippen LogP contribution in [0.3, 0.4) is 0 Å². The number of carbonyl (C=O) groups is 1. The zero-order chi connectivity index (χ0) is 24.1. The van der Waals surface area contributed by atoms with Crippen LogP contribution in [-0.2, 0) is 11.4 Å². The molecule has 1 amide bonds. The van der Waals surface area contributed by atoms with Crippen LogP contribution >= 0.6 is 0 Å². The monoisotopic (exact) mass is 468 g/mol. The van der Waals surface area contributed by atoms with Crippen LogP contribution in [0.5, 0.6) is 17.2 Å². The lowest BCUT2D eigenvalue weighted by molar-refractivity contribution is -0.114. The second kappa shape index (κ2) is 12.7. The molecule has 0 spiro atoms. The Bertz CT molecular complexity index is 1180. The molecule has 0 atom stereocenters. The molecule has 0 aromatic heterocycles. The third-order valence-electron chi connectivity index (χ3n) is 5.07. The highest BCUT2D eigenvalue weighted by molar-refractivity contribution is 5.95. The molecule has 0 saturated heterocycles. The molecule has 35 heavy (non-hydrogen) atoms. The van der Waals surface area contributed by atoms with Gasteiger partial charge in [0, 0.05) is 5.69 Å². The molecule has 6 nitrogen and oxygen atoms in total. The number of hydrogen-bond donors (Lipinski definition) is 2. The molecule has 4 rings (SSSR count). The van der Waals surface area contributed by atoms with Crippen LogP contribution in [0.2, 0.25) is 0 Å². The summed E-state index contributed by atoms with van der Waals surface area (Å²) in [6.45, 7) is 1.39. The molecule has 0 radical (unpaired) electrons. The fourth-order valence-electron chi connectivity index (χ4n) is 3.31. The van der Waals surface area contributed by atoms with Crippen molar-refractivity contribution in [3.05, 3.63) is 115 Å². The number of para-hydroxylation sites is 3. The summed E-state index contributed by atoms with van der Waals surface area (Å²) < 4.78 is 17.3. The number of amides is 1. The summed E-state index contributed by atoms with van der Waals surface area (Å²) in [5, 5.41) is 6.02. The topological polar surface area (TPSA) is 68.8 Å². The van der Waals surface area contributed by atoms with Gasteiger partial charge in [0.2, 0.25) is 5.91 Å². The highest BCUT2D eigenvalue weighted by Gasteiger charge is 2.08. The molecule has 0 aliphatic rings. The van der Waals surface area contributed by atoms with E-state index in [9.17, 15) is 4.79 Å². The highest BCUT2D eigenvalue weighted by Crippen LogP contribution is 2.24. The van der Waals surface area contributed by atoms with Crippen LogP contribution in [0.4, 0.5) is 11.4 Å². The van der Waals surface area contributed by atoms with E-state index in [0.29, 0.717) is 31.3 Å². The zero-order valence-corrected chi connectivity index (χ0v) is 19.4. The Hall–Kier alpha value is -4.45. The number of nitrogens with one attached hydrogen (secondary N) is 2. The molecule has 2 N–H and O–H groups in total. The number of hydrogen-bond acceptors (Lipinski definition) is 5. The van der Waals surface area contributed by atoms with Gasteiger partial charge in [-0.05, 0) is 54.1 Å². The number of carbonyl (C=O) groups excluding carboxylic acids is 1. The largest absolute Gasteiger partial charge is 0.490 e. The van der Waals surface area contributed by atoms with E-state index in [-0.39, 0.29) is 12.5 Å². The fraction of sp³-hybridized carbons (Fsp3) is 0.138. The second-order valence-electron chi connectivity index (χ2n) is 7.71. The van der Waals surface area contributed by atoms with Crippen molar-refractivity contribution >= 4 is 17.3 Å². The first-order valence-corrected chi connectivity index (χ1v) is 11.5. The summed E-state index contributed by atoms with van der Waals surface area (Å²) in [7, 11) is 0. The molecule has 6 heteroatoms. The van der Waals surface area contributed by atoms with Crippen LogP contribution in [-0.4, -0.2) is 25.7 Å². The van der Waals surface area contributed by atoms with Gasteiger partial charge in [-0.25, -0.2) is 0 Å². The quantitative estimate of drug-likeness (QED) is 0.258. The standard InChI is InChI=1S/C29H28N2O4/c32-29(21-30-24-15-17-26(18-16-24)35-22-23-9-3-1-4-10-23)31-27-13-7-8-14-28(27)34-20-19-33-25-11-5-2-6-12-25/h1-18,30H,19-22H2,(H,31,32). The van der Waals surface area contributed by atoms with Crippen molar-refractivity contribution in [3.8, 4) is 17.2 Å². The molecule has 0 aliphatic heterocycles. The first kappa shape index (κ1) is 23.7. The normalized spacial score (nSPS) is 10.3. The van der Waals surface area contributed by atoms with Crippen LogP contribution in [0, 0.1) is 0 Å². The van der Waals surface area contributed by atoms with Crippen molar-refractivity contribution in [2.75, 3.05) is 30.4 Å². The Labute approximate surface area is 205 Å². The van der Waals surface area contributed by atoms with Crippen LogP contribution < -0.4 is 24.8 Å². The van der Waals surface area contributed by atoms with Crippen molar-refractivity contribution < 1.29 is 19.0 Å². The zero-order valence-electron chi connectivity index (χ0n) is 19.4. The third-order valence-corrected chi connectivity index (χ3v) is 5.07. The number of rotatable bonds is 12. The van der Waals surface area contributed by atoms with Crippen molar-refractivity contribution in [2.45, 2.75) is 6.61 Å². The maximum Gasteiger partial charge on any atom is 0.243 e. The van der Waals surface area contributed by atoms with E-state index in [1.54, 1.807) is 0 Å². The van der Waals surface area contributed by atoms with E-state index in [4.69, 9.17) is 14.2 Å². The Balaban J connectivity index is 1.20. The smallest absolute Gasteiger partial charge is 0.243 e. The van der Waals surface area contributed by atoms with Gasteiger partial charge in [-0.1, -0.05) is 60.7 Å². The van der Waals surface area contributed by atoms with Gasteiger partial charge in [-0.3, -0.25) is 4.79 Å².